The number of imide groups is 1. The number of halogens is 7. The number of hydrogen-bond acceptors (Lipinski definition) is 2. The maximum atomic E-state index is 13.1. The van der Waals surface area contributed by atoms with Crippen molar-refractivity contribution in [1.82, 2.24) is 0 Å². The first-order valence-corrected chi connectivity index (χ1v) is 10.0. The van der Waals surface area contributed by atoms with E-state index in [0.717, 1.165) is 10.5 Å². The number of alkyl halides is 4. The van der Waals surface area contributed by atoms with Gasteiger partial charge >= 0.3 is 0 Å². The van der Waals surface area contributed by atoms with E-state index in [-0.39, 0.29) is 10.1 Å². The molecule has 2 amide bonds. The van der Waals surface area contributed by atoms with Crippen molar-refractivity contribution in [2.45, 2.75) is 21.0 Å². The van der Waals surface area contributed by atoms with Crippen LogP contribution < -0.4 is 4.90 Å². The third kappa shape index (κ3) is 1.87. The van der Waals surface area contributed by atoms with Crippen molar-refractivity contribution in [2.24, 2.45) is 11.8 Å². The van der Waals surface area contributed by atoms with Gasteiger partial charge in [-0.1, -0.05) is 64.1 Å². The fourth-order valence-electron chi connectivity index (χ4n) is 3.97. The zero-order valence-electron chi connectivity index (χ0n) is 12.8. The fraction of sp³-hybridized carbons (Fsp3) is 0.375. The quantitative estimate of drug-likeness (QED) is 0.377. The molecule has 0 unspecified atom stereocenters. The summed E-state index contributed by atoms with van der Waals surface area (Å²) in [4.78, 5) is 23.7. The zero-order chi connectivity index (χ0) is 19.4. The highest BCUT2D eigenvalue weighted by Gasteiger charge is 2.87. The van der Waals surface area contributed by atoms with Gasteiger partial charge in [0.2, 0.25) is 11.8 Å². The van der Waals surface area contributed by atoms with Gasteiger partial charge in [0.25, 0.3) is 0 Å². The Morgan fingerprint density at radius 3 is 1.77 bits per heavy atom. The molecule has 0 N–H and O–H groups in total. The van der Waals surface area contributed by atoms with Gasteiger partial charge in [0, 0.05) is 5.02 Å². The lowest BCUT2D eigenvalue weighted by Crippen LogP contribution is -2.50. The maximum absolute atomic E-state index is 13.1. The Hall–Kier alpha value is 0.130. The highest BCUT2D eigenvalue weighted by molar-refractivity contribution is 6.67. The summed E-state index contributed by atoms with van der Waals surface area (Å²) in [7, 11) is 0. The molecule has 2 bridgehead atoms. The Labute approximate surface area is 184 Å². The molecule has 1 saturated carbocycles. The molecule has 0 radical (unpaired) electrons. The van der Waals surface area contributed by atoms with E-state index in [4.69, 9.17) is 81.2 Å². The van der Waals surface area contributed by atoms with Gasteiger partial charge in [-0.15, -0.1) is 23.2 Å². The summed E-state index contributed by atoms with van der Waals surface area (Å²) < 4.78 is -1.94. The van der Waals surface area contributed by atoms with E-state index in [1.54, 1.807) is 19.1 Å². The number of carbonyl (C=O) groups is 2. The second-order valence-electron chi connectivity index (χ2n) is 6.53. The van der Waals surface area contributed by atoms with Crippen LogP contribution in [0.4, 0.5) is 5.69 Å². The highest BCUT2D eigenvalue weighted by atomic mass is 35.5. The number of benzene rings is 1. The van der Waals surface area contributed by atoms with E-state index in [0.29, 0.717) is 10.7 Å². The van der Waals surface area contributed by atoms with Gasteiger partial charge in [-0.2, -0.15) is 0 Å². The maximum Gasteiger partial charge on any atom is 0.240 e. The molecular formula is C16H8Cl7NO2. The van der Waals surface area contributed by atoms with Crippen molar-refractivity contribution >= 4 is 98.7 Å². The lowest BCUT2D eigenvalue weighted by Gasteiger charge is -2.34. The molecule has 1 saturated heterocycles. The summed E-state index contributed by atoms with van der Waals surface area (Å²) in [5.74, 6) is -3.52. The lowest BCUT2D eigenvalue weighted by atomic mass is 9.84. The second kappa shape index (κ2) is 5.60. The molecular weight excluding hydrogens is 486 g/mol. The molecule has 1 aliphatic heterocycles. The van der Waals surface area contributed by atoms with Gasteiger partial charge in [-0.3, -0.25) is 9.59 Å². The Balaban J connectivity index is 1.90. The van der Waals surface area contributed by atoms with E-state index in [1.807, 2.05) is 0 Å². The van der Waals surface area contributed by atoms with Gasteiger partial charge in [0.05, 0.1) is 27.6 Å². The van der Waals surface area contributed by atoms with Gasteiger partial charge in [0.15, 0.2) is 4.33 Å². The van der Waals surface area contributed by atoms with Crippen LogP contribution in [0.2, 0.25) is 5.02 Å². The Morgan fingerprint density at radius 2 is 1.35 bits per heavy atom. The summed E-state index contributed by atoms with van der Waals surface area (Å²) in [5.41, 5.74) is 1.10. The van der Waals surface area contributed by atoms with E-state index < -0.39 is 37.7 Å². The molecule has 10 heteroatoms. The second-order valence-corrected chi connectivity index (χ2v) is 10.2. The Kier molecular flexibility index (Phi) is 4.19. The first-order chi connectivity index (χ1) is 11.9. The molecule has 0 spiro atoms. The lowest BCUT2D eigenvalue weighted by molar-refractivity contribution is -0.123. The molecule has 2 fully saturated rings. The van der Waals surface area contributed by atoms with Crippen LogP contribution in [-0.4, -0.2) is 25.9 Å². The van der Waals surface area contributed by atoms with Crippen LogP contribution in [0.25, 0.3) is 0 Å². The first kappa shape index (κ1) is 19.4. The summed E-state index contributed by atoms with van der Waals surface area (Å²) in [6.45, 7) is 1.80. The number of amides is 2. The number of nitrogens with zero attached hydrogens (tertiary/aromatic N) is 1. The Morgan fingerprint density at radius 1 is 0.885 bits per heavy atom. The molecule has 2 aliphatic carbocycles. The molecule has 3 nitrogen and oxygen atoms in total. The van der Waals surface area contributed by atoms with Crippen LogP contribution in [0.15, 0.2) is 28.3 Å². The Bertz CT molecular complexity index is 883. The number of allylic oxidation sites excluding steroid dienone is 2. The third-order valence-corrected chi connectivity index (χ3v) is 9.99. The van der Waals surface area contributed by atoms with Gasteiger partial charge in [0.1, 0.15) is 9.75 Å². The SMILES string of the molecule is Cc1ccc(N2C(=O)[C@@H]3[C@@H](C2=O)[C@]2(Cl)C(Cl)=C(Cl)[C@]3(Cl)C2(Cl)Cl)cc1Cl. The number of carbonyl (C=O) groups excluding carboxylic acids is 2. The molecule has 138 valence electrons. The normalized spacial score (nSPS) is 37.8. The molecule has 4 atom stereocenters. The molecule has 1 aromatic rings. The minimum atomic E-state index is -1.94. The minimum Gasteiger partial charge on any atom is -0.274 e. The van der Waals surface area contributed by atoms with E-state index in [1.165, 1.54) is 6.07 Å². The number of hydrogen-bond donors (Lipinski definition) is 0. The van der Waals surface area contributed by atoms with E-state index in [2.05, 4.69) is 0 Å². The van der Waals surface area contributed by atoms with Crippen LogP contribution in [0.3, 0.4) is 0 Å². The highest BCUT2D eigenvalue weighted by Crippen LogP contribution is 2.77. The average molecular weight is 494 g/mol. The number of aryl methyl sites for hydroxylation is 1. The van der Waals surface area contributed by atoms with Crippen molar-refractivity contribution in [3.8, 4) is 0 Å². The summed E-state index contributed by atoms with van der Waals surface area (Å²) in [6.07, 6.45) is 0. The van der Waals surface area contributed by atoms with E-state index in [9.17, 15) is 9.59 Å². The molecule has 26 heavy (non-hydrogen) atoms. The van der Waals surface area contributed by atoms with Crippen molar-refractivity contribution in [1.29, 1.82) is 0 Å². The van der Waals surface area contributed by atoms with Crippen molar-refractivity contribution in [2.75, 3.05) is 4.90 Å². The van der Waals surface area contributed by atoms with Crippen LogP contribution in [0.5, 0.6) is 0 Å². The number of fused-ring (bicyclic) bond motifs is 5. The average Bonchev–Trinajstić information content (AvgIpc) is 2.95. The predicted molar refractivity (Wildman–Crippen MR) is 106 cm³/mol. The van der Waals surface area contributed by atoms with Crippen LogP contribution >= 0.6 is 81.2 Å². The minimum absolute atomic E-state index is 0.118. The standard InChI is InChI=1S/C16H8Cl7NO2/c1-5-2-3-6(4-7(5)17)24-12(25)8-9(13(24)26)15(21)11(19)10(18)14(8,20)16(15,22)23/h2-4,8-9H,1H3/t8-,9-,14-,15-/m0/s1. The smallest absolute Gasteiger partial charge is 0.240 e. The van der Waals surface area contributed by atoms with E-state index >= 15 is 0 Å². The van der Waals surface area contributed by atoms with Crippen LogP contribution in [-0.2, 0) is 9.59 Å². The van der Waals surface area contributed by atoms with Crippen LogP contribution in [0.1, 0.15) is 5.56 Å². The largest absolute Gasteiger partial charge is 0.274 e. The van der Waals surface area contributed by atoms with Crippen LogP contribution in [0, 0.1) is 18.8 Å². The first-order valence-electron chi connectivity index (χ1n) is 7.38. The fourth-order valence-corrected chi connectivity index (χ4v) is 7.07. The summed E-state index contributed by atoms with van der Waals surface area (Å²) in [6, 6.07) is 4.81. The molecule has 0 aromatic heterocycles. The summed E-state index contributed by atoms with van der Waals surface area (Å²) in [5, 5.41) is 0.168. The molecule has 3 aliphatic rings. The van der Waals surface area contributed by atoms with Gasteiger partial charge < -0.3 is 0 Å². The van der Waals surface area contributed by atoms with Crippen molar-refractivity contribution < 1.29 is 9.59 Å². The molecule has 4 rings (SSSR count). The topological polar surface area (TPSA) is 37.4 Å². The van der Waals surface area contributed by atoms with Gasteiger partial charge in [-0.25, -0.2) is 4.90 Å². The van der Waals surface area contributed by atoms with Crippen molar-refractivity contribution in [3.05, 3.63) is 38.8 Å². The zero-order valence-corrected chi connectivity index (χ0v) is 18.1. The predicted octanol–water partition coefficient (Wildman–Crippen LogP) is 5.60. The van der Waals surface area contributed by atoms with Gasteiger partial charge in [-0.05, 0) is 24.6 Å². The third-order valence-electron chi connectivity index (χ3n) is 5.32. The summed E-state index contributed by atoms with van der Waals surface area (Å²) >= 11 is 44.8. The number of anilines is 1. The molecule has 1 aromatic carbocycles. The number of rotatable bonds is 1. The van der Waals surface area contributed by atoms with Crippen molar-refractivity contribution in [3.63, 3.8) is 0 Å². The molecule has 1 heterocycles. The monoisotopic (exact) mass is 491 g/mol.